The highest BCUT2D eigenvalue weighted by Gasteiger charge is 2.27. The minimum Gasteiger partial charge on any atom is -0.372 e. The van der Waals surface area contributed by atoms with Crippen molar-refractivity contribution in [2.45, 2.75) is 6.10 Å². The summed E-state index contributed by atoms with van der Waals surface area (Å²) in [6.07, 6.45) is 0.0154. The zero-order chi connectivity index (χ0) is 12.8. The Morgan fingerprint density at radius 3 is 2.94 bits per heavy atom. The maximum atomic E-state index is 8.49. The summed E-state index contributed by atoms with van der Waals surface area (Å²) in [6, 6.07) is 10.2. The Labute approximate surface area is 107 Å². The van der Waals surface area contributed by atoms with Crippen LogP contribution in [-0.4, -0.2) is 38.2 Å². The Bertz CT molecular complexity index is 416. The molecular formula is C13H18N4O. The molecule has 0 bridgehead atoms. The Balaban J connectivity index is 2.20. The quantitative estimate of drug-likeness (QED) is 0.467. The molecule has 5 nitrogen and oxygen atoms in total. The molecule has 0 spiro atoms. The summed E-state index contributed by atoms with van der Waals surface area (Å²) in [4.78, 5) is 5.09. The molecule has 1 fully saturated rings. The first-order chi connectivity index (χ1) is 8.81. The highest BCUT2D eigenvalue weighted by atomic mass is 16.5. The maximum absolute atomic E-state index is 8.49. The number of azide groups is 1. The molecule has 0 aliphatic carbocycles. The summed E-state index contributed by atoms with van der Waals surface area (Å²) in [6.45, 7) is 2.98. The van der Waals surface area contributed by atoms with Crippen molar-refractivity contribution in [3.8, 4) is 0 Å². The first kappa shape index (κ1) is 12.9. The fourth-order valence-electron chi connectivity index (χ4n) is 2.36. The van der Waals surface area contributed by atoms with Crippen molar-refractivity contribution >= 4 is 0 Å². The highest BCUT2D eigenvalue weighted by molar-refractivity contribution is 5.18. The second-order valence-corrected chi connectivity index (χ2v) is 4.64. The van der Waals surface area contributed by atoms with Crippen molar-refractivity contribution in [3.63, 3.8) is 0 Å². The molecule has 2 rings (SSSR count). The normalized spacial score (nSPS) is 25.2. The average Bonchev–Trinajstić information content (AvgIpc) is 2.59. The van der Waals surface area contributed by atoms with Gasteiger partial charge in [0.1, 0.15) is 0 Å². The van der Waals surface area contributed by atoms with Crippen molar-refractivity contribution in [1.29, 1.82) is 0 Å². The van der Waals surface area contributed by atoms with Gasteiger partial charge in [-0.2, -0.15) is 0 Å². The third-order valence-electron chi connectivity index (χ3n) is 3.25. The molecule has 1 heterocycles. The van der Waals surface area contributed by atoms with Crippen LogP contribution in [0.15, 0.2) is 35.4 Å². The molecule has 0 amide bonds. The van der Waals surface area contributed by atoms with E-state index < -0.39 is 0 Å². The van der Waals surface area contributed by atoms with E-state index in [0.29, 0.717) is 13.2 Å². The predicted octanol–water partition coefficient (Wildman–Crippen LogP) is 2.62. The molecule has 1 unspecified atom stereocenters. The summed E-state index contributed by atoms with van der Waals surface area (Å²) < 4.78 is 5.94. The van der Waals surface area contributed by atoms with Gasteiger partial charge in [0.2, 0.25) is 0 Å². The lowest BCUT2D eigenvalue weighted by atomic mass is 9.95. The molecule has 96 valence electrons. The topological polar surface area (TPSA) is 61.2 Å². The molecular weight excluding hydrogens is 228 g/mol. The van der Waals surface area contributed by atoms with Crippen molar-refractivity contribution in [2.75, 3.05) is 33.3 Å². The number of benzene rings is 1. The van der Waals surface area contributed by atoms with Gasteiger partial charge in [0, 0.05) is 30.5 Å². The zero-order valence-electron chi connectivity index (χ0n) is 10.6. The van der Waals surface area contributed by atoms with E-state index in [9.17, 15) is 0 Å². The van der Waals surface area contributed by atoms with Crippen LogP contribution in [0.1, 0.15) is 11.7 Å². The molecule has 0 N–H and O–H groups in total. The lowest BCUT2D eigenvalue weighted by Gasteiger charge is -2.25. The molecule has 0 radical (unpaired) electrons. The number of rotatable bonds is 3. The molecule has 0 saturated carbocycles. The van der Waals surface area contributed by atoms with Crippen LogP contribution in [0.3, 0.4) is 0 Å². The first-order valence-electron chi connectivity index (χ1n) is 6.17. The van der Waals surface area contributed by atoms with Crippen LogP contribution in [0.2, 0.25) is 0 Å². The number of likely N-dealkylation sites (N-methyl/N-ethyl adjacent to an activating group) is 1. The van der Waals surface area contributed by atoms with Gasteiger partial charge < -0.3 is 9.64 Å². The Morgan fingerprint density at radius 2 is 2.22 bits per heavy atom. The molecule has 2 atom stereocenters. The largest absolute Gasteiger partial charge is 0.372 e. The second-order valence-electron chi connectivity index (χ2n) is 4.64. The third kappa shape index (κ3) is 3.23. The van der Waals surface area contributed by atoms with Gasteiger partial charge >= 0.3 is 0 Å². The molecule has 1 aliphatic rings. The van der Waals surface area contributed by atoms with E-state index in [1.54, 1.807) is 0 Å². The van der Waals surface area contributed by atoms with Crippen LogP contribution in [0.25, 0.3) is 10.4 Å². The van der Waals surface area contributed by atoms with E-state index in [1.165, 1.54) is 0 Å². The van der Waals surface area contributed by atoms with Gasteiger partial charge in [0.05, 0.1) is 12.7 Å². The molecule has 1 aromatic rings. The van der Waals surface area contributed by atoms with Crippen LogP contribution in [0.5, 0.6) is 0 Å². The van der Waals surface area contributed by atoms with Gasteiger partial charge in [-0.15, -0.1) is 0 Å². The van der Waals surface area contributed by atoms with Crippen molar-refractivity contribution < 1.29 is 4.74 Å². The standard InChI is InChI=1S/C13H18N4O/c1-17-7-8-18-13(11-5-3-2-4-6-11)12(10-17)9-15-16-14/h2-6,12-13H,7-10H2,1H3/t12-,13?/m1/s1. The van der Waals surface area contributed by atoms with Crippen molar-refractivity contribution in [3.05, 3.63) is 46.3 Å². The fourth-order valence-corrected chi connectivity index (χ4v) is 2.36. The zero-order valence-corrected chi connectivity index (χ0v) is 10.6. The van der Waals surface area contributed by atoms with Crippen LogP contribution in [0, 0.1) is 5.92 Å². The van der Waals surface area contributed by atoms with Crippen LogP contribution >= 0.6 is 0 Å². The molecule has 1 aliphatic heterocycles. The smallest absolute Gasteiger partial charge is 0.0867 e. The van der Waals surface area contributed by atoms with E-state index in [1.807, 2.05) is 18.2 Å². The summed E-state index contributed by atoms with van der Waals surface area (Å²) >= 11 is 0. The van der Waals surface area contributed by atoms with E-state index in [2.05, 4.69) is 34.1 Å². The van der Waals surface area contributed by atoms with Crippen LogP contribution in [0.4, 0.5) is 0 Å². The fraction of sp³-hybridized carbons (Fsp3) is 0.538. The first-order valence-corrected chi connectivity index (χ1v) is 6.17. The van der Waals surface area contributed by atoms with E-state index in [-0.39, 0.29) is 12.0 Å². The Morgan fingerprint density at radius 1 is 1.44 bits per heavy atom. The lowest BCUT2D eigenvalue weighted by molar-refractivity contribution is 0.0332. The molecule has 5 heteroatoms. The SMILES string of the molecule is CN1CCOC(c2ccccc2)[C@H](CN=[N+]=[N-])C1. The second kappa shape index (κ2) is 6.40. The van der Waals surface area contributed by atoms with Gasteiger partial charge in [-0.3, -0.25) is 0 Å². The van der Waals surface area contributed by atoms with Gasteiger partial charge in [0.25, 0.3) is 0 Å². The highest BCUT2D eigenvalue weighted by Crippen LogP contribution is 2.29. The molecule has 18 heavy (non-hydrogen) atoms. The Kier molecular flexibility index (Phi) is 4.59. The van der Waals surface area contributed by atoms with Gasteiger partial charge in [-0.05, 0) is 18.1 Å². The average molecular weight is 246 g/mol. The third-order valence-corrected chi connectivity index (χ3v) is 3.25. The maximum Gasteiger partial charge on any atom is 0.0867 e. The number of nitrogens with zero attached hydrogens (tertiary/aromatic N) is 4. The lowest BCUT2D eigenvalue weighted by Crippen LogP contribution is -2.28. The monoisotopic (exact) mass is 246 g/mol. The summed E-state index contributed by atoms with van der Waals surface area (Å²) in [5.74, 6) is 0.204. The van der Waals surface area contributed by atoms with E-state index >= 15 is 0 Å². The summed E-state index contributed by atoms with van der Waals surface area (Å²) in [7, 11) is 2.07. The minimum absolute atomic E-state index is 0.0154. The number of hydrogen-bond donors (Lipinski definition) is 0. The van der Waals surface area contributed by atoms with Gasteiger partial charge in [0.15, 0.2) is 0 Å². The predicted molar refractivity (Wildman–Crippen MR) is 70.1 cm³/mol. The van der Waals surface area contributed by atoms with Crippen molar-refractivity contribution in [2.24, 2.45) is 11.0 Å². The summed E-state index contributed by atoms with van der Waals surface area (Å²) in [5, 5.41) is 3.72. The van der Waals surface area contributed by atoms with Crippen LogP contribution < -0.4 is 0 Å². The number of ether oxygens (including phenoxy) is 1. The van der Waals surface area contributed by atoms with Gasteiger partial charge in [-0.25, -0.2) is 0 Å². The van der Waals surface area contributed by atoms with Crippen molar-refractivity contribution in [1.82, 2.24) is 4.90 Å². The summed E-state index contributed by atoms with van der Waals surface area (Å²) in [5.41, 5.74) is 9.65. The van der Waals surface area contributed by atoms with E-state index in [0.717, 1.165) is 18.7 Å². The Hall–Kier alpha value is -1.55. The number of hydrogen-bond acceptors (Lipinski definition) is 3. The molecule has 1 aromatic carbocycles. The molecule has 0 aromatic heterocycles. The van der Waals surface area contributed by atoms with Gasteiger partial charge in [-0.1, -0.05) is 35.4 Å². The van der Waals surface area contributed by atoms with E-state index in [4.69, 9.17) is 10.3 Å². The molecule has 1 saturated heterocycles. The van der Waals surface area contributed by atoms with Crippen LogP contribution in [-0.2, 0) is 4.74 Å². The minimum atomic E-state index is 0.0154.